The van der Waals surface area contributed by atoms with Crippen LogP contribution in [0.3, 0.4) is 0 Å². The van der Waals surface area contributed by atoms with Gasteiger partial charge in [0.15, 0.2) is 0 Å². The molecule has 1 rings (SSSR count). The molecule has 0 radical (unpaired) electrons. The lowest BCUT2D eigenvalue weighted by Gasteiger charge is -2.27. The molecule has 0 bridgehead atoms. The highest BCUT2D eigenvalue weighted by Crippen LogP contribution is 2.25. The smallest absolute Gasteiger partial charge is 0.302 e. The standard InChI is InChI=1S/C11H17NO3/c1-4-10-5-6-11(7-15-9(3)14)12(10)8(2)13/h4,10-11H,1,5-7H2,2-3H3/t10-,11-/m0/s1. The molecular formula is C11H17NO3. The average molecular weight is 211 g/mol. The van der Waals surface area contributed by atoms with E-state index in [1.807, 2.05) is 0 Å². The summed E-state index contributed by atoms with van der Waals surface area (Å²) < 4.78 is 4.93. The van der Waals surface area contributed by atoms with Crippen LogP contribution in [-0.2, 0) is 14.3 Å². The van der Waals surface area contributed by atoms with Crippen molar-refractivity contribution in [1.82, 2.24) is 4.90 Å². The zero-order chi connectivity index (χ0) is 11.4. The molecule has 1 aliphatic heterocycles. The van der Waals surface area contributed by atoms with Crippen molar-refractivity contribution in [1.29, 1.82) is 0 Å². The van der Waals surface area contributed by atoms with Crippen molar-refractivity contribution < 1.29 is 14.3 Å². The molecule has 1 heterocycles. The molecule has 4 nitrogen and oxygen atoms in total. The van der Waals surface area contributed by atoms with E-state index in [1.165, 1.54) is 13.8 Å². The van der Waals surface area contributed by atoms with Crippen LogP contribution in [0.5, 0.6) is 0 Å². The number of carbonyl (C=O) groups excluding carboxylic acids is 2. The van der Waals surface area contributed by atoms with Gasteiger partial charge in [-0.3, -0.25) is 9.59 Å². The number of rotatable bonds is 3. The Balaban J connectivity index is 2.60. The first kappa shape index (κ1) is 11.8. The number of amides is 1. The Morgan fingerprint density at radius 2 is 2.13 bits per heavy atom. The SMILES string of the molecule is C=C[C@H]1CC[C@@H](COC(C)=O)N1C(C)=O. The molecule has 1 aliphatic rings. The average Bonchev–Trinajstić information content (AvgIpc) is 2.57. The van der Waals surface area contributed by atoms with E-state index >= 15 is 0 Å². The van der Waals surface area contributed by atoms with Gasteiger partial charge in [-0.1, -0.05) is 6.08 Å². The van der Waals surface area contributed by atoms with E-state index in [2.05, 4.69) is 6.58 Å². The highest BCUT2D eigenvalue weighted by molar-refractivity contribution is 5.74. The Kier molecular flexibility index (Phi) is 3.88. The summed E-state index contributed by atoms with van der Waals surface area (Å²) in [6.45, 7) is 6.90. The fourth-order valence-electron chi connectivity index (χ4n) is 2.01. The third-order valence-electron chi connectivity index (χ3n) is 2.66. The fourth-order valence-corrected chi connectivity index (χ4v) is 2.01. The van der Waals surface area contributed by atoms with Crippen molar-refractivity contribution in [3.8, 4) is 0 Å². The Bertz CT molecular complexity index is 275. The van der Waals surface area contributed by atoms with E-state index in [-0.39, 0.29) is 24.0 Å². The van der Waals surface area contributed by atoms with Crippen LogP contribution in [0.1, 0.15) is 26.7 Å². The first-order valence-corrected chi connectivity index (χ1v) is 5.11. The van der Waals surface area contributed by atoms with E-state index in [4.69, 9.17) is 4.74 Å². The maximum atomic E-state index is 11.4. The number of likely N-dealkylation sites (tertiary alicyclic amines) is 1. The second-order valence-corrected chi connectivity index (χ2v) is 3.76. The molecule has 0 N–H and O–H groups in total. The monoisotopic (exact) mass is 211 g/mol. The molecule has 0 saturated carbocycles. The molecule has 0 aromatic rings. The number of carbonyl (C=O) groups is 2. The van der Waals surface area contributed by atoms with Gasteiger partial charge in [0.2, 0.25) is 5.91 Å². The number of hydrogen-bond acceptors (Lipinski definition) is 3. The van der Waals surface area contributed by atoms with Crippen LogP contribution in [0, 0.1) is 0 Å². The van der Waals surface area contributed by atoms with Crippen molar-refractivity contribution in [2.24, 2.45) is 0 Å². The van der Waals surface area contributed by atoms with Crippen LogP contribution in [0.15, 0.2) is 12.7 Å². The van der Waals surface area contributed by atoms with E-state index in [0.29, 0.717) is 6.61 Å². The third-order valence-corrected chi connectivity index (χ3v) is 2.66. The van der Waals surface area contributed by atoms with Gasteiger partial charge in [0.25, 0.3) is 0 Å². The fraction of sp³-hybridized carbons (Fsp3) is 0.636. The van der Waals surface area contributed by atoms with Gasteiger partial charge in [-0.05, 0) is 12.8 Å². The molecule has 4 heteroatoms. The lowest BCUT2D eigenvalue weighted by molar-refractivity contribution is -0.145. The minimum absolute atomic E-state index is 0.00870. The molecule has 1 fully saturated rings. The summed E-state index contributed by atoms with van der Waals surface area (Å²) in [6.07, 6.45) is 3.54. The highest BCUT2D eigenvalue weighted by Gasteiger charge is 2.33. The van der Waals surface area contributed by atoms with Gasteiger partial charge in [-0.2, -0.15) is 0 Å². The van der Waals surface area contributed by atoms with E-state index in [9.17, 15) is 9.59 Å². The van der Waals surface area contributed by atoms with E-state index < -0.39 is 0 Å². The Morgan fingerprint density at radius 3 is 2.60 bits per heavy atom. The van der Waals surface area contributed by atoms with Crippen molar-refractivity contribution in [3.63, 3.8) is 0 Å². The van der Waals surface area contributed by atoms with Gasteiger partial charge in [0.1, 0.15) is 6.61 Å². The van der Waals surface area contributed by atoms with E-state index in [0.717, 1.165) is 12.8 Å². The van der Waals surface area contributed by atoms with Gasteiger partial charge in [-0.25, -0.2) is 0 Å². The Morgan fingerprint density at radius 1 is 1.47 bits per heavy atom. The second kappa shape index (κ2) is 4.96. The maximum Gasteiger partial charge on any atom is 0.302 e. The van der Waals surface area contributed by atoms with Crippen molar-refractivity contribution >= 4 is 11.9 Å². The van der Waals surface area contributed by atoms with Crippen molar-refractivity contribution in [2.45, 2.75) is 38.8 Å². The summed E-state index contributed by atoms with van der Waals surface area (Å²) in [7, 11) is 0. The van der Waals surface area contributed by atoms with Crippen LogP contribution < -0.4 is 0 Å². The molecular weight excluding hydrogens is 194 g/mol. The molecule has 0 aromatic heterocycles. The van der Waals surface area contributed by atoms with Crippen molar-refractivity contribution in [3.05, 3.63) is 12.7 Å². The van der Waals surface area contributed by atoms with Crippen molar-refractivity contribution in [2.75, 3.05) is 6.61 Å². The summed E-state index contributed by atoms with van der Waals surface area (Å²) in [6, 6.07) is 0.0949. The molecule has 2 atom stereocenters. The van der Waals surface area contributed by atoms with Crippen LogP contribution in [0.25, 0.3) is 0 Å². The van der Waals surface area contributed by atoms with Crippen LogP contribution >= 0.6 is 0 Å². The van der Waals surface area contributed by atoms with Crippen LogP contribution in [0.2, 0.25) is 0 Å². The predicted molar refractivity (Wildman–Crippen MR) is 56.2 cm³/mol. The second-order valence-electron chi connectivity index (χ2n) is 3.76. The lowest BCUT2D eigenvalue weighted by Crippen LogP contribution is -2.41. The zero-order valence-corrected chi connectivity index (χ0v) is 9.23. The minimum atomic E-state index is -0.305. The molecule has 0 spiro atoms. The summed E-state index contributed by atoms with van der Waals surface area (Å²) in [5.41, 5.74) is 0. The van der Waals surface area contributed by atoms with E-state index in [1.54, 1.807) is 11.0 Å². The van der Waals surface area contributed by atoms with Crippen LogP contribution in [0.4, 0.5) is 0 Å². The summed E-state index contributed by atoms with van der Waals surface area (Å²) >= 11 is 0. The number of nitrogens with zero attached hydrogens (tertiary/aromatic N) is 1. The molecule has 0 aliphatic carbocycles. The van der Waals surface area contributed by atoms with Gasteiger partial charge in [0, 0.05) is 13.8 Å². The summed E-state index contributed by atoms with van der Waals surface area (Å²) in [4.78, 5) is 23.8. The quantitative estimate of drug-likeness (QED) is 0.519. The molecule has 0 aromatic carbocycles. The maximum absolute atomic E-state index is 11.4. The summed E-state index contributed by atoms with van der Waals surface area (Å²) in [5.74, 6) is -0.296. The van der Waals surface area contributed by atoms with Gasteiger partial charge >= 0.3 is 5.97 Å². The van der Waals surface area contributed by atoms with Gasteiger partial charge in [0.05, 0.1) is 12.1 Å². The molecule has 1 amide bonds. The molecule has 84 valence electrons. The largest absolute Gasteiger partial charge is 0.464 e. The van der Waals surface area contributed by atoms with Gasteiger partial charge in [-0.15, -0.1) is 6.58 Å². The Hall–Kier alpha value is -1.32. The molecule has 15 heavy (non-hydrogen) atoms. The molecule has 0 unspecified atom stereocenters. The highest BCUT2D eigenvalue weighted by atomic mass is 16.5. The normalized spacial score (nSPS) is 25.1. The molecule has 1 saturated heterocycles. The third kappa shape index (κ3) is 2.81. The Labute approximate surface area is 89.9 Å². The first-order chi connectivity index (χ1) is 7.06. The summed E-state index contributed by atoms with van der Waals surface area (Å²) in [5, 5.41) is 0. The number of esters is 1. The number of hydrogen-bond donors (Lipinski definition) is 0. The topological polar surface area (TPSA) is 46.6 Å². The minimum Gasteiger partial charge on any atom is -0.464 e. The van der Waals surface area contributed by atoms with Gasteiger partial charge < -0.3 is 9.64 Å². The lowest BCUT2D eigenvalue weighted by atomic mass is 10.2. The zero-order valence-electron chi connectivity index (χ0n) is 9.23. The number of ether oxygens (including phenoxy) is 1. The first-order valence-electron chi connectivity index (χ1n) is 5.11. The predicted octanol–water partition coefficient (Wildman–Crippen LogP) is 1.11. The van der Waals surface area contributed by atoms with Crippen LogP contribution in [-0.4, -0.2) is 35.5 Å².